The van der Waals surface area contributed by atoms with E-state index in [4.69, 9.17) is 4.52 Å². The fourth-order valence-electron chi connectivity index (χ4n) is 1.93. The van der Waals surface area contributed by atoms with Gasteiger partial charge in [-0.1, -0.05) is 25.1 Å². The summed E-state index contributed by atoms with van der Waals surface area (Å²) in [6.45, 7) is 9.93. The molecule has 1 atom stereocenters. The summed E-state index contributed by atoms with van der Waals surface area (Å²) in [5.74, 6) is 1.42. The minimum absolute atomic E-state index is 0.201. The number of likely N-dealkylation sites (N-methyl/N-ethyl adjacent to an activating group) is 1. The molecule has 0 fully saturated rings. The van der Waals surface area contributed by atoms with Crippen molar-refractivity contribution in [2.45, 2.75) is 33.6 Å². The highest BCUT2D eigenvalue weighted by Crippen LogP contribution is 2.21. The average molecular weight is 260 g/mol. The van der Waals surface area contributed by atoms with Crippen LogP contribution in [0.25, 0.3) is 11.5 Å². The van der Waals surface area contributed by atoms with Gasteiger partial charge in [0, 0.05) is 18.7 Å². The third-order valence-electron chi connectivity index (χ3n) is 2.99. The Morgan fingerprint density at radius 1 is 1.37 bits per heavy atom. The van der Waals surface area contributed by atoms with Gasteiger partial charge in [-0.3, -0.25) is 4.98 Å². The highest BCUT2D eigenvalue weighted by atomic mass is 16.5. The lowest BCUT2D eigenvalue weighted by atomic mass is 10.1. The fraction of sp³-hybridized carbons (Fsp3) is 0.500. The van der Waals surface area contributed by atoms with Gasteiger partial charge in [-0.25, -0.2) is 0 Å². The molecule has 19 heavy (non-hydrogen) atoms. The van der Waals surface area contributed by atoms with Gasteiger partial charge >= 0.3 is 0 Å². The van der Waals surface area contributed by atoms with Crippen LogP contribution in [0.3, 0.4) is 0 Å². The minimum Gasteiger partial charge on any atom is -0.339 e. The SMILES string of the molecule is CCNCC(C)c1nc(-c2ncc(C)cc2C)no1. The van der Waals surface area contributed by atoms with E-state index < -0.39 is 0 Å². The van der Waals surface area contributed by atoms with Crippen molar-refractivity contribution in [2.24, 2.45) is 0 Å². The van der Waals surface area contributed by atoms with Crippen molar-refractivity contribution in [1.82, 2.24) is 20.4 Å². The molecule has 0 radical (unpaired) electrons. The maximum atomic E-state index is 5.32. The summed E-state index contributed by atoms with van der Waals surface area (Å²) in [4.78, 5) is 8.83. The molecular formula is C14H20N4O. The van der Waals surface area contributed by atoms with Crippen LogP contribution in [0.15, 0.2) is 16.8 Å². The predicted molar refractivity (Wildman–Crippen MR) is 74.0 cm³/mol. The Bertz CT molecular complexity index is 550. The summed E-state index contributed by atoms with van der Waals surface area (Å²) in [6.07, 6.45) is 1.82. The Labute approximate surface area is 113 Å². The van der Waals surface area contributed by atoms with Gasteiger partial charge in [-0.15, -0.1) is 0 Å². The van der Waals surface area contributed by atoms with Crippen LogP contribution in [0.5, 0.6) is 0 Å². The topological polar surface area (TPSA) is 63.8 Å². The molecule has 0 aliphatic heterocycles. The number of hydrogen-bond donors (Lipinski definition) is 1. The normalized spacial score (nSPS) is 12.6. The molecule has 1 unspecified atom stereocenters. The van der Waals surface area contributed by atoms with Crippen LogP contribution in [-0.2, 0) is 0 Å². The van der Waals surface area contributed by atoms with Gasteiger partial charge in [0.05, 0.1) is 0 Å². The van der Waals surface area contributed by atoms with Gasteiger partial charge < -0.3 is 9.84 Å². The first kappa shape index (κ1) is 13.7. The van der Waals surface area contributed by atoms with Gasteiger partial charge in [0.2, 0.25) is 11.7 Å². The Morgan fingerprint density at radius 2 is 2.16 bits per heavy atom. The Morgan fingerprint density at radius 3 is 2.84 bits per heavy atom. The molecule has 5 nitrogen and oxygen atoms in total. The van der Waals surface area contributed by atoms with E-state index in [1.54, 1.807) is 0 Å². The first-order chi connectivity index (χ1) is 9.11. The van der Waals surface area contributed by atoms with Crippen LogP contribution in [0.4, 0.5) is 0 Å². The molecule has 0 saturated carbocycles. The molecule has 0 aliphatic carbocycles. The molecule has 0 aliphatic rings. The van der Waals surface area contributed by atoms with Gasteiger partial charge in [0.15, 0.2) is 0 Å². The van der Waals surface area contributed by atoms with Crippen LogP contribution in [-0.4, -0.2) is 28.2 Å². The molecule has 0 aromatic carbocycles. The zero-order valence-corrected chi connectivity index (χ0v) is 11.9. The Balaban J connectivity index is 2.20. The van der Waals surface area contributed by atoms with E-state index in [0.29, 0.717) is 11.7 Å². The maximum Gasteiger partial charge on any atom is 0.231 e. The van der Waals surface area contributed by atoms with Crippen molar-refractivity contribution in [3.05, 3.63) is 29.3 Å². The van der Waals surface area contributed by atoms with E-state index >= 15 is 0 Å². The minimum atomic E-state index is 0.201. The lowest BCUT2D eigenvalue weighted by molar-refractivity contribution is 0.355. The smallest absolute Gasteiger partial charge is 0.231 e. The Kier molecular flexibility index (Phi) is 4.27. The standard InChI is InChI=1S/C14H20N4O/c1-5-15-8-11(4)14-17-13(18-19-14)12-10(3)6-9(2)7-16-12/h6-7,11,15H,5,8H2,1-4H3. The molecule has 102 valence electrons. The molecule has 1 N–H and O–H groups in total. The van der Waals surface area contributed by atoms with Gasteiger partial charge in [-0.2, -0.15) is 4.98 Å². The van der Waals surface area contributed by atoms with Crippen molar-refractivity contribution >= 4 is 0 Å². The van der Waals surface area contributed by atoms with E-state index in [1.165, 1.54) is 0 Å². The van der Waals surface area contributed by atoms with Crippen LogP contribution in [0.1, 0.15) is 36.8 Å². The van der Waals surface area contributed by atoms with Crippen LogP contribution >= 0.6 is 0 Å². The first-order valence-corrected chi connectivity index (χ1v) is 6.59. The zero-order valence-electron chi connectivity index (χ0n) is 11.9. The fourth-order valence-corrected chi connectivity index (χ4v) is 1.93. The van der Waals surface area contributed by atoms with Crippen LogP contribution in [0.2, 0.25) is 0 Å². The second-order valence-corrected chi connectivity index (χ2v) is 4.84. The van der Waals surface area contributed by atoms with Crippen molar-refractivity contribution in [1.29, 1.82) is 0 Å². The molecule has 5 heteroatoms. The highest BCUT2D eigenvalue weighted by Gasteiger charge is 2.16. The molecular weight excluding hydrogens is 240 g/mol. The van der Waals surface area contributed by atoms with E-state index in [2.05, 4.69) is 40.4 Å². The summed E-state index contributed by atoms with van der Waals surface area (Å²) in [5, 5.41) is 7.30. The highest BCUT2D eigenvalue weighted by molar-refractivity contribution is 5.54. The molecule has 2 aromatic heterocycles. The number of nitrogens with zero attached hydrogens (tertiary/aromatic N) is 3. The van der Waals surface area contributed by atoms with E-state index in [1.807, 2.05) is 20.0 Å². The van der Waals surface area contributed by atoms with Gasteiger partial charge in [0.25, 0.3) is 0 Å². The number of aromatic nitrogens is 3. The zero-order chi connectivity index (χ0) is 13.8. The molecule has 0 spiro atoms. The molecule has 2 aromatic rings. The second-order valence-electron chi connectivity index (χ2n) is 4.84. The van der Waals surface area contributed by atoms with Crippen molar-refractivity contribution in [3.63, 3.8) is 0 Å². The first-order valence-electron chi connectivity index (χ1n) is 6.59. The maximum absolute atomic E-state index is 5.32. The molecule has 2 rings (SSSR count). The van der Waals surface area contributed by atoms with E-state index in [9.17, 15) is 0 Å². The third kappa shape index (κ3) is 3.17. The summed E-state index contributed by atoms with van der Waals surface area (Å²) >= 11 is 0. The van der Waals surface area contributed by atoms with Gasteiger partial charge in [0.1, 0.15) is 5.69 Å². The molecule has 0 amide bonds. The van der Waals surface area contributed by atoms with Crippen molar-refractivity contribution in [3.8, 4) is 11.5 Å². The number of pyridine rings is 1. The monoisotopic (exact) mass is 260 g/mol. The lowest BCUT2D eigenvalue weighted by Gasteiger charge is -2.05. The van der Waals surface area contributed by atoms with Gasteiger partial charge in [-0.05, 0) is 31.5 Å². The number of nitrogens with one attached hydrogen (secondary N) is 1. The quantitative estimate of drug-likeness (QED) is 0.894. The molecule has 0 saturated heterocycles. The molecule has 2 heterocycles. The summed E-state index contributed by atoms with van der Waals surface area (Å²) in [7, 11) is 0. The summed E-state index contributed by atoms with van der Waals surface area (Å²) < 4.78 is 5.32. The van der Waals surface area contributed by atoms with E-state index in [-0.39, 0.29) is 5.92 Å². The second kappa shape index (κ2) is 5.93. The van der Waals surface area contributed by atoms with Crippen LogP contribution < -0.4 is 5.32 Å². The third-order valence-corrected chi connectivity index (χ3v) is 2.99. The van der Waals surface area contributed by atoms with Crippen molar-refractivity contribution in [2.75, 3.05) is 13.1 Å². The van der Waals surface area contributed by atoms with Crippen LogP contribution in [0, 0.1) is 13.8 Å². The number of hydrogen-bond acceptors (Lipinski definition) is 5. The largest absolute Gasteiger partial charge is 0.339 e. The number of rotatable bonds is 5. The summed E-state index contributed by atoms with van der Waals surface area (Å²) in [6, 6.07) is 2.07. The average Bonchev–Trinajstić information content (AvgIpc) is 2.85. The number of aryl methyl sites for hydroxylation is 2. The lowest BCUT2D eigenvalue weighted by Crippen LogP contribution is -2.19. The van der Waals surface area contributed by atoms with E-state index in [0.717, 1.165) is 29.9 Å². The molecule has 0 bridgehead atoms. The Hall–Kier alpha value is -1.75. The van der Waals surface area contributed by atoms with Crippen molar-refractivity contribution < 1.29 is 4.52 Å². The predicted octanol–water partition coefficient (Wildman–Crippen LogP) is 2.46. The summed E-state index contributed by atoms with van der Waals surface area (Å²) in [5.41, 5.74) is 2.98.